The van der Waals surface area contributed by atoms with Crippen molar-refractivity contribution in [2.45, 2.75) is 63.2 Å². The molecule has 33 heavy (non-hydrogen) atoms. The lowest BCUT2D eigenvalue weighted by Crippen LogP contribution is -2.52. The first-order valence-corrected chi connectivity index (χ1v) is 11.2. The molecule has 0 heterocycles. The van der Waals surface area contributed by atoms with E-state index in [-0.39, 0.29) is 23.6 Å². The molecule has 1 atom stereocenters. The summed E-state index contributed by atoms with van der Waals surface area (Å²) >= 11 is 0. The van der Waals surface area contributed by atoms with Gasteiger partial charge in [0.2, 0.25) is 11.8 Å². The normalized spacial score (nSPS) is 22.2. The Hall–Kier alpha value is -2.62. The fourth-order valence-electron chi connectivity index (χ4n) is 4.62. The highest BCUT2D eigenvalue weighted by Gasteiger charge is 2.38. The summed E-state index contributed by atoms with van der Waals surface area (Å²) in [7, 11) is 1.76. The van der Waals surface area contributed by atoms with Gasteiger partial charge in [-0.3, -0.25) is 14.4 Å². The van der Waals surface area contributed by atoms with E-state index in [1.807, 2.05) is 0 Å². The molecule has 2 aliphatic rings. The number of hydrogen-bond acceptors (Lipinski definition) is 4. The van der Waals surface area contributed by atoms with Crippen LogP contribution < -0.4 is 10.6 Å². The molecule has 7 nitrogen and oxygen atoms in total. The Labute approximate surface area is 190 Å². The molecule has 0 saturated heterocycles. The van der Waals surface area contributed by atoms with Crippen LogP contribution in [-0.4, -0.2) is 53.5 Å². The zero-order valence-electron chi connectivity index (χ0n) is 18.6. The molecule has 2 saturated carbocycles. The van der Waals surface area contributed by atoms with Crippen LogP contribution in [0.2, 0.25) is 0 Å². The lowest BCUT2D eigenvalue weighted by molar-refractivity contribution is -0.138. The first-order chi connectivity index (χ1) is 15.5. The highest BCUT2D eigenvalue weighted by molar-refractivity contribution is 5.98. The largest absolute Gasteiger partial charge is 0.480 e. The van der Waals surface area contributed by atoms with Gasteiger partial charge >= 0.3 is 12.1 Å². The van der Waals surface area contributed by atoms with Gasteiger partial charge < -0.3 is 20.6 Å². The van der Waals surface area contributed by atoms with E-state index in [1.165, 1.54) is 6.07 Å². The molecule has 3 N–H and O–H groups in total. The summed E-state index contributed by atoms with van der Waals surface area (Å²) in [4.78, 5) is 39.8. The highest BCUT2D eigenvalue weighted by Crippen LogP contribution is 2.35. The van der Waals surface area contributed by atoms with E-state index in [9.17, 15) is 32.7 Å². The summed E-state index contributed by atoms with van der Waals surface area (Å²) in [6.45, 7) is -0.732. The number of carboxylic acid groups (broad SMARTS) is 1. The molecular weight excluding hydrogens is 439 g/mol. The molecule has 0 spiro atoms. The molecule has 2 fully saturated rings. The van der Waals surface area contributed by atoms with E-state index in [2.05, 4.69) is 0 Å². The van der Waals surface area contributed by atoms with Crippen molar-refractivity contribution in [1.29, 1.82) is 0 Å². The molecule has 0 bridgehead atoms. The van der Waals surface area contributed by atoms with Gasteiger partial charge in [-0.05, 0) is 69.1 Å². The quantitative estimate of drug-likeness (QED) is 0.638. The van der Waals surface area contributed by atoms with Crippen LogP contribution in [0.25, 0.3) is 0 Å². The smallest absolute Gasteiger partial charge is 0.416 e. The number of alkyl halides is 3. The zero-order chi connectivity index (χ0) is 24.3. The minimum absolute atomic E-state index is 0.0921. The molecule has 0 unspecified atom stereocenters. The number of nitrogens with zero attached hydrogens (tertiary/aromatic N) is 2. The van der Waals surface area contributed by atoms with Crippen LogP contribution in [0.3, 0.4) is 0 Å². The summed E-state index contributed by atoms with van der Waals surface area (Å²) in [5.74, 6) is -2.58. The van der Waals surface area contributed by atoms with Crippen molar-refractivity contribution in [3.8, 4) is 0 Å². The van der Waals surface area contributed by atoms with Gasteiger partial charge in [-0.1, -0.05) is 6.07 Å². The van der Waals surface area contributed by atoms with Crippen LogP contribution in [0.5, 0.6) is 0 Å². The Morgan fingerprint density at radius 1 is 1.12 bits per heavy atom. The van der Waals surface area contributed by atoms with Crippen molar-refractivity contribution < 1.29 is 32.7 Å². The predicted octanol–water partition coefficient (Wildman–Crippen LogP) is 3.27. The standard InChI is InChI=1S/C23H30F3N3O4/c1-28(17-5-3-6-17)22(33)20(27)14-8-10-15(11-9-14)21(32)29(13-19(30)31)18-7-2-4-16(12-18)23(24,25)26/h2,4,7,12,14-15,17,20H,3,5-6,8-11,13,27H2,1H3,(H,30,31)/t14?,15?,20-/m0/s1. The number of amides is 2. The number of carbonyl (C=O) groups is 3. The average Bonchev–Trinajstić information content (AvgIpc) is 2.74. The number of benzene rings is 1. The molecule has 2 amide bonds. The Balaban J connectivity index is 1.66. The summed E-state index contributed by atoms with van der Waals surface area (Å²) in [6.07, 6.45) is 0.275. The van der Waals surface area contributed by atoms with E-state index in [4.69, 9.17) is 5.73 Å². The second kappa shape index (κ2) is 10.1. The first kappa shape index (κ1) is 25.0. The molecule has 182 valence electrons. The van der Waals surface area contributed by atoms with Crippen LogP contribution in [0.1, 0.15) is 50.5 Å². The number of carboxylic acids is 1. The Morgan fingerprint density at radius 2 is 1.76 bits per heavy atom. The van der Waals surface area contributed by atoms with Crippen LogP contribution in [0.4, 0.5) is 18.9 Å². The molecule has 10 heteroatoms. The van der Waals surface area contributed by atoms with Crippen molar-refractivity contribution in [1.82, 2.24) is 4.90 Å². The van der Waals surface area contributed by atoms with Crippen LogP contribution >= 0.6 is 0 Å². The summed E-state index contributed by atoms with van der Waals surface area (Å²) < 4.78 is 39.3. The zero-order valence-corrected chi connectivity index (χ0v) is 18.6. The monoisotopic (exact) mass is 469 g/mol. The molecule has 0 aliphatic heterocycles. The first-order valence-electron chi connectivity index (χ1n) is 11.2. The van der Waals surface area contributed by atoms with Gasteiger partial charge in [0.25, 0.3) is 0 Å². The van der Waals surface area contributed by atoms with Gasteiger partial charge in [0, 0.05) is 24.7 Å². The Morgan fingerprint density at radius 3 is 2.27 bits per heavy atom. The van der Waals surface area contributed by atoms with Crippen molar-refractivity contribution in [2.24, 2.45) is 17.6 Å². The van der Waals surface area contributed by atoms with Crippen molar-refractivity contribution in [2.75, 3.05) is 18.5 Å². The van der Waals surface area contributed by atoms with Crippen LogP contribution in [-0.2, 0) is 20.6 Å². The lowest BCUT2D eigenvalue weighted by Gasteiger charge is -2.39. The predicted molar refractivity (Wildman–Crippen MR) is 115 cm³/mol. The molecule has 2 aliphatic carbocycles. The maximum atomic E-state index is 13.1. The number of likely N-dealkylation sites (N-methyl/N-ethyl adjacent to an activating group) is 1. The third-order valence-electron chi connectivity index (χ3n) is 6.93. The van der Waals surface area contributed by atoms with Crippen LogP contribution in [0, 0.1) is 11.8 Å². The number of rotatable bonds is 7. The van der Waals surface area contributed by atoms with Gasteiger partial charge in [-0.2, -0.15) is 13.2 Å². The number of halogens is 3. The Kier molecular flexibility index (Phi) is 7.66. The summed E-state index contributed by atoms with van der Waals surface area (Å²) in [6, 6.07) is 3.69. The average molecular weight is 470 g/mol. The number of nitrogens with two attached hydrogens (primary N) is 1. The molecule has 0 aromatic heterocycles. The van der Waals surface area contributed by atoms with Crippen molar-refractivity contribution in [3.05, 3.63) is 29.8 Å². The maximum Gasteiger partial charge on any atom is 0.416 e. The van der Waals surface area contributed by atoms with Crippen molar-refractivity contribution >= 4 is 23.5 Å². The second-order valence-electron chi connectivity index (χ2n) is 9.04. The third kappa shape index (κ3) is 5.85. The topological polar surface area (TPSA) is 104 Å². The van der Waals surface area contributed by atoms with Crippen LogP contribution in [0.15, 0.2) is 24.3 Å². The van der Waals surface area contributed by atoms with Gasteiger partial charge in [-0.25, -0.2) is 0 Å². The van der Waals surface area contributed by atoms with Crippen molar-refractivity contribution in [3.63, 3.8) is 0 Å². The molecule has 1 aromatic carbocycles. The van der Waals surface area contributed by atoms with E-state index in [0.29, 0.717) is 25.7 Å². The maximum absolute atomic E-state index is 13.1. The molecule has 3 rings (SSSR count). The number of hydrogen-bond donors (Lipinski definition) is 2. The number of aliphatic carboxylic acids is 1. The number of carbonyl (C=O) groups excluding carboxylic acids is 2. The highest BCUT2D eigenvalue weighted by atomic mass is 19.4. The van der Waals surface area contributed by atoms with Gasteiger partial charge in [0.1, 0.15) is 6.54 Å². The van der Waals surface area contributed by atoms with E-state index in [0.717, 1.165) is 42.4 Å². The van der Waals surface area contributed by atoms with E-state index >= 15 is 0 Å². The molecule has 0 radical (unpaired) electrons. The number of anilines is 1. The van der Waals surface area contributed by atoms with E-state index in [1.54, 1.807) is 11.9 Å². The van der Waals surface area contributed by atoms with Gasteiger partial charge in [-0.15, -0.1) is 0 Å². The fourth-order valence-corrected chi connectivity index (χ4v) is 4.62. The lowest BCUT2D eigenvalue weighted by atomic mass is 9.77. The van der Waals surface area contributed by atoms with Gasteiger partial charge in [0.15, 0.2) is 0 Å². The SMILES string of the molecule is CN(C(=O)[C@@H](N)C1CCC(C(=O)N(CC(=O)O)c2cccc(C(F)(F)F)c2)CC1)C1CCC1. The van der Waals surface area contributed by atoms with Gasteiger partial charge in [0.05, 0.1) is 11.6 Å². The minimum atomic E-state index is -4.61. The minimum Gasteiger partial charge on any atom is -0.480 e. The molecular formula is C23H30F3N3O4. The summed E-state index contributed by atoms with van der Waals surface area (Å²) in [5.41, 5.74) is 5.18. The summed E-state index contributed by atoms with van der Waals surface area (Å²) in [5, 5.41) is 9.24. The second-order valence-corrected chi connectivity index (χ2v) is 9.04. The fraction of sp³-hybridized carbons (Fsp3) is 0.609. The van der Waals surface area contributed by atoms with E-state index < -0.39 is 42.1 Å². The molecule has 1 aromatic rings. The Bertz CT molecular complexity index is 880. The third-order valence-corrected chi connectivity index (χ3v) is 6.93.